The van der Waals surface area contributed by atoms with Gasteiger partial charge in [-0.2, -0.15) is 0 Å². The van der Waals surface area contributed by atoms with Gasteiger partial charge in [0.15, 0.2) is 0 Å². The van der Waals surface area contributed by atoms with Crippen molar-refractivity contribution in [2.45, 2.75) is 40.0 Å². The van der Waals surface area contributed by atoms with Crippen LogP contribution in [-0.2, 0) is 0 Å². The Bertz CT molecular complexity index is 958. The molecule has 1 heterocycles. The summed E-state index contributed by atoms with van der Waals surface area (Å²) in [4.78, 5) is 8.98. The topological polar surface area (TPSA) is 44.9 Å². The van der Waals surface area contributed by atoms with Crippen molar-refractivity contribution in [2.75, 3.05) is 26.7 Å². The molecule has 2 rings (SSSR count). The van der Waals surface area contributed by atoms with Crippen LogP contribution in [0.1, 0.15) is 44.2 Å². The predicted molar refractivity (Wildman–Crippen MR) is 145 cm³/mol. The van der Waals surface area contributed by atoms with Gasteiger partial charge < -0.3 is 10.6 Å². The van der Waals surface area contributed by atoms with Crippen LogP contribution in [0.4, 0.5) is 0 Å². The molecule has 0 aliphatic carbocycles. The third-order valence-corrected chi connectivity index (χ3v) is 5.58. The molecule has 4 heteroatoms. The molecule has 4 nitrogen and oxygen atoms in total. The molecule has 0 saturated heterocycles. The maximum atomic E-state index is 6.71. The van der Waals surface area contributed by atoms with Gasteiger partial charge in [0, 0.05) is 37.7 Å². The van der Waals surface area contributed by atoms with Gasteiger partial charge in [-0.1, -0.05) is 61.9 Å². The number of benzene rings is 1. The first kappa shape index (κ1) is 26.1. The van der Waals surface area contributed by atoms with Crippen molar-refractivity contribution >= 4 is 11.4 Å². The fourth-order valence-electron chi connectivity index (χ4n) is 3.62. The van der Waals surface area contributed by atoms with Crippen LogP contribution in [0.25, 0.3) is 5.70 Å². The van der Waals surface area contributed by atoms with Gasteiger partial charge >= 0.3 is 0 Å². The summed E-state index contributed by atoms with van der Waals surface area (Å²) in [7, 11) is 2.10. The fourth-order valence-corrected chi connectivity index (χ4v) is 3.62. The zero-order valence-electron chi connectivity index (χ0n) is 20.8. The van der Waals surface area contributed by atoms with E-state index in [0.717, 1.165) is 55.0 Å². The van der Waals surface area contributed by atoms with E-state index in [-0.39, 0.29) is 0 Å². The number of nitrogens with zero attached hydrogens (tertiary/aromatic N) is 3. The van der Waals surface area contributed by atoms with Crippen molar-refractivity contribution in [3.63, 3.8) is 0 Å². The summed E-state index contributed by atoms with van der Waals surface area (Å²) in [5, 5.41) is 0. The molecular weight excluding hydrogens is 404 g/mol. The van der Waals surface area contributed by atoms with Crippen molar-refractivity contribution in [3.8, 4) is 0 Å². The molecule has 33 heavy (non-hydrogen) atoms. The Balaban J connectivity index is 2.29. The molecule has 0 fully saturated rings. The first-order chi connectivity index (χ1) is 15.8. The summed E-state index contributed by atoms with van der Waals surface area (Å²) >= 11 is 0. The lowest BCUT2D eigenvalue weighted by atomic mass is 10.0. The SMILES string of the molecule is C=CCN(C)CC1=CCN(/C(C(=C)/C=C\N=C(C)CCCC)=C(\N)c2ccc(C)cc2)C=C1. The van der Waals surface area contributed by atoms with Crippen molar-refractivity contribution in [3.05, 3.63) is 102 Å². The van der Waals surface area contributed by atoms with Gasteiger partial charge in [0.05, 0.1) is 11.4 Å². The zero-order valence-corrected chi connectivity index (χ0v) is 20.8. The molecule has 1 aliphatic heterocycles. The molecule has 0 unspecified atom stereocenters. The molecule has 0 atom stereocenters. The maximum absolute atomic E-state index is 6.71. The normalized spacial score (nSPS) is 15.1. The summed E-state index contributed by atoms with van der Waals surface area (Å²) in [5.74, 6) is 0. The summed E-state index contributed by atoms with van der Waals surface area (Å²) < 4.78 is 0. The highest BCUT2D eigenvalue weighted by Gasteiger charge is 2.17. The molecule has 1 aliphatic rings. The van der Waals surface area contributed by atoms with Crippen molar-refractivity contribution in [2.24, 2.45) is 10.7 Å². The quantitative estimate of drug-likeness (QED) is 0.237. The van der Waals surface area contributed by atoms with E-state index in [1.54, 1.807) is 0 Å². The second kappa shape index (κ2) is 13.4. The highest BCUT2D eigenvalue weighted by Crippen LogP contribution is 2.26. The Morgan fingerprint density at radius 2 is 2.00 bits per heavy atom. The van der Waals surface area contributed by atoms with Gasteiger partial charge in [-0.05, 0) is 62.6 Å². The molecule has 0 amide bonds. The fraction of sp³-hybridized carbons (Fsp3) is 0.345. The van der Waals surface area contributed by atoms with Gasteiger partial charge in [0.1, 0.15) is 0 Å². The molecule has 0 bridgehead atoms. The number of likely N-dealkylation sites (N-methyl/N-ethyl adjacent to an activating group) is 1. The van der Waals surface area contributed by atoms with E-state index in [1.807, 2.05) is 18.4 Å². The molecule has 0 radical (unpaired) electrons. The monoisotopic (exact) mass is 444 g/mol. The average Bonchev–Trinajstić information content (AvgIpc) is 2.79. The highest BCUT2D eigenvalue weighted by atomic mass is 15.1. The van der Waals surface area contributed by atoms with E-state index in [4.69, 9.17) is 5.73 Å². The summed E-state index contributed by atoms with van der Waals surface area (Å²) in [6.45, 7) is 17.0. The summed E-state index contributed by atoms with van der Waals surface area (Å²) in [5.41, 5.74) is 13.8. The van der Waals surface area contributed by atoms with Crippen LogP contribution >= 0.6 is 0 Å². The van der Waals surface area contributed by atoms with Gasteiger partial charge in [-0.25, -0.2) is 0 Å². The van der Waals surface area contributed by atoms with Crippen molar-refractivity contribution < 1.29 is 0 Å². The molecule has 1 aromatic rings. The molecule has 2 N–H and O–H groups in total. The number of aliphatic imine (C=N–C) groups is 1. The first-order valence-electron chi connectivity index (χ1n) is 11.7. The average molecular weight is 445 g/mol. The van der Waals surface area contributed by atoms with E-state index in [0.29, 0.717) is 5.70 Å². The number of hydrogen-bond donors (Lipinski definition) is 1. The maximum Gasteiger partial charge on any atom is 0.0717 e. The summed E-state index contributed by atoms with van der Waals surface area (Å²) in [6.07, 6.45) is 15.6. The Morgan fingerprint density at radius 3 is 2.61 bits per heavy atom. The highest BCUT2D eigenvalue weighted by molar-refractivity contribution is 5.82. The third-order valence-electron chi connectivity index (χ3n) is 5.58. The Kier molecular flexibility index (Phi) is 10.6. The number of rotatable bonds is 12. The number of unbranched alkanes of at least 4 members (excludes halogenated alkanes) is 1. The molecule has 1 aromatic carbocycles. The van der Waals surface area contributed by atoms with Crippen molar-refractivity contribution in [1.82, 2.24) is 9.80 Å². The number of nitrogens with two attached hydrogens (primary N) is 1. The standard InChI is InChI=1S/C29H40N4/c1-7-9-10-25(5)31-18-15-24(4)29(28(30)27-13-11-23(3)12-14-27)33-20-16-26(17-21-33)22-32(6)19-8-2/h8,11-18,20H,2,4,7,9-10,19,21-22,30H2,1,3,5-6H3/b18-15-,29-28-,31-25?. The first-order valence-corrected chi connectivity index (χ1v) is 11.7. The molecule has 0 aromatic heterocycles. The van der Waals surface area contributed by atoms with E-state index in [1.165, 1.54) is 17.6 Å². The second-order valence-electron chi connectivity index (χ2n) is 8.67. The van der Waals surface area contributed by atoms with Crippen LogP contribution in [0, 0.1) is 6.92 Å². The summed E-state index contributed by atoms with van der Waals surface area (Å²) in [6, 6.07) is 8.29. The van der Waals surface area contributed by atoms with Crippen LogP contribution in [0.5, 0.6) is 0 Å². The molecule has 0 spiro atoms. The minimum atomic E-state index is 0.710. The number of aryl methyl sites for hydroxylation is 1. The molecule has 176 valence electrons. The Hall–Kier alpha value is -3.11. The zero-order chi connectivity index (χ0) is 24.2. The lowest BCUT2D eigenvalue weighted by molar-refractivity contribution is 0.402. The minimum Gasteiger partial charge on any atom is -0.397 e. The minimum absolute atomic E-state index is 0.710. The number of allylic oxidation sites excluding steroid dienone is 1. The smallest absolute Gasteiger partial charge is 0.0717 e. The van der Waals surface area contributed by atoms with Gasteiger partial charge in [0.25, 0.3) is 0 Å². The predicted octanol–water partition coefficient (Wildman–Crippen LogP) is 6.22. The van der Waals surface area contributed by atoms with Crippen LogP contribution in [0.2, 0.25) is 0 Å². The van der Waals surface area contributed by atoms with Crippen LogP contribution in [0.15, 0.2) is 96.0 Å². The largest absolute Gasteiger partial charge is 0.397 e. The third kappa shape index (κ3) is 8.39. The van der Waals surface area contributed by atoms with E-state index in [9.17, 15) is 0 Å². The van der Waals surface area contributed by atoms with Crippen LogP contribution in [0.3, 0.4) is 0 Å². The van der Waals surface area contributed by atoms with E-state index >= 15 is 0 Å². The van der Waals surface area contributed by atoms with Crippen molar-refractivity contribution in [1.29, 1.82) is 0 Å². The van der Waals surface area contributed by atoms with Gasteiger partial charge in [-0.15, -0.1) is 6.58 Å². The van der Waals surface area contributed by atoms with Crippen LogP contribution < -0.4 is 5.73 Å². The molecular formula is C29H40N4. The Labute approximate surface area is 200 Å². The van der Waals surface area contributed by atoms with E-state index in [2.05, 4.69) is 98.4 Å². The lowest BCUT2D eigenvalue weighted by Crippen LogP contribution is -2.26. The lowest BCUT2D eigenvalue weighted by Gasteiger charge is -2.28. The van der Waals surface area contributed by atoms with Crippen LogP contribution in [-0.4, -0.2) is 42.2 Å². The van der Waals surface area contributed by atoms with Gasteiger partial charge in [0.2, 0.25) is 0 Å². The second-order valence-corrected chi connectivity index (χ2v) is 8.67. The molecule has 0 saturated carbocycles. The van der Waals surface area contributed by atoms with Gasteiger partial charge in [-0.3, -0.25) is 9.89 Å². The van der Waals surface area contributed by atoms with E-state index < -0.39 is 0 Å². The number of hydrogen-bond acceptors (Lipinski definition) is 4. The Morgan fingerprint density at radius 1 is 1.27 bits per heavy atom.